The van der Waals surface area contributed by atoms with E-state index >= 15 is 0 Å². The molecule has 0 aromatic heterocycles. The van der Waals surface area contributed by atoms with Crippen LogP contribution in [-0.2, 0) is 9.47 Å². The van der Waals surface area contributed by atoms with Gasteiger partial charge in [-0.3, -0.25) is 0 Å². The molecule has 0 N–H and O–H groups in total. The number of halogens is 1. The molecule has 4 heteroatoms. The molecule has 0 aromatic rings. The lowest BCUT2D eigenvalue weighted by Gasteiger charge is -2.13. The van der Waals surface area contributed by atoms with Crippen molar-refractivity contribution >= 4 is 17.8 Å². The van der Waals surface area contributed by atoms with Crippen LogP contribution in [0.3, 0.4) is 0 Å². The van der Waals surface area contributed by atoms with Crippen LogP contribution in [0.2, 0.25) is 0 Å². The molecule has 0 radical (unpaired) electrons. The van der Waals surface area contributed by atoms with Crippen LogP contribution in [0.15, 0.2) is 0 Å². The minimum Gasteiger partial charge on any atom is -0.431 e. The normalized spacial score (nSPS) is 19.3. The van der Waals surface area contributed by atoms with E-state index in [1.54, 1.807) is 0 Å². The van der Waals surface area contributed by atoms with E-state index in [1.165, 1.54) is 0 Å². The van der Waals surface area contributed by atoms with Crippen LogP contribution < -0.4 is 0 Å². The number of ether oxygens (including phenoxy) is 2. The van der Waals surface area contributed by atoms with Crippen LogP contribution in [0.5, 0.6) is 0 Å². The second-order valence-corrected chi connectivity index (χ2v) is 4.08. The van der Waals surface area contributed by atoms with Gasteiger partial charge in [0.05, 0.1) is 0 Å². The summed E-state index contributed by atoms with van der Waals surface area (Å²) in [7, 11) is 0. The van der Waals surface area contributed by atoms with Gasteiger partial charge in [0.1, 0.15) is 6.10 Å². The molecule has 1 unspecified atom stereocenters. The summed E-state index contributed by atoms with van der Waals surface area (Å²) in [5, 5.41) is 0. The van der Waals surface area contributed by atoms with Crippen LogP contribution in [0.25, 0.3) is 0 Å². The summed E-state index contributed by atoms with van der Waals surface area (Å²) >= 11 is 5.74. The molecule has 14 heavy (non-hydrogen) atoms. The van der Waals surface area contributed by atoms with Gasteiger partial charge < -0.3 is 9.47 Å². The topological polar surface area (TPSA) is 35.5 Å². The Balaban J connectivity index is 2.14. The summed E-state index contributed by atoms with van der Waals surface area (Å²) in [4.78, 5) is 11.2. The fraction of sp³-hybridized carbons (Fsp3) is 0.900. The van der Waals surface area contributed by atoms with Crippen LogP contribution in [-0.4, -0.2) is 17.8 Å². The zero-order valence-electron chi connectivity index (χ0n) is 8.50. The van der Waals surface area contributed by atoms with Crippen molar-refractivity contribution in [3.8, 4) is 0 Å². The van der Waals surface area contributed by atoms with E-state index in [0.29, 0.717) is 6.42 Å². The molecule has 3 nitrogen and oxygen atoms in total. The number of hydrogen-bond acceptors (Lipinski definition) is 3. The molecule has 82 valence electrons. The first-order valence-corrected chi connectivity index (χ1v) is 5.67. The van der Waals surface area contributed by atoms with Crippen molar-refractivity contribution in [2.24, 2.45) is 0 Å². The summed E-state index contributed by atoms with van der Waals surface area (Å²) in [5.74, 6) is 0. The summed E-state index contributed by atoms with van der Waals surface area (Å²) in [6.45, 7) is 1.99. The van der Waals surface area contributed by atoms with E-state index in [2.05, 4.69) is 0 Å². The standard InChI is InChI=1S/C10H17ClO3/c1-2-5-9(11)14-10(12)13-8-6-3-4-7-8/h8-9H,2-7H2,1H3. The minimum absolute atomic E-state index is 0.0491. The molecule has 0 heterocycles. The van der Waals surface area contributed by atoms with Gasteiger partial charge in [-0.15, -0.1) is 0 Å². The summed E-state index contributed by atoms with van der Waals surface area (Å²) in [6.07, 6.45) is 5.17. The second kappa shape index (κ2) is 6.12. The molecule has 1 fully saturated rings. The minimum atomic E-state index is -0.620. The highest BCUT2D eigenvalue weighted by Gasteiger charge is 2.21. The third-order valence-electron chi connectivity index (χ3n) is 2.30. The molecule has 1 saturated carbocycles. The first-order chi connectivity index (χ1) is 6.72. The molecule has 0 saturated heterocycles. The maximum absolute atomic E-state index is 11.2. The number of carbonyl (C=O) groups excluding carboxylic acids is 1. The van der Waals surface area contributed by atoms with E-state index in [0.717, 1.165) is 32.1 Å². The molecule has 0 aromatic carbocycles. The number of rotatable bonds is 4. The van der Waals surface area contributed by atoms with E-state index < -0.39 is 11.7 Å². The molecule has 0 spiro atoms. The Morgan fingerprint density at radius 2 is 2.14 bits per heavy atom. The molecular formula is C10H17ClO3. The van der Waals surface area contributed by atoms with Crippen molar-refractivity contribution in [3.63, 3.8) is 0 Å². The second-order valence-electron chi connectivity index (χ2n) is 3.59. The Bertz CT molecular complexity index is 178. The van der Waals surface area contributed by atoms with Gasteiger partial charge in [0.25, 0.3) is 0 Å². The smallest absolute Gasteiger partial charge is 0.431 e. The van der Waals surface area contributed by atoms with Crippen molar-refractivity contribution in [3.05, 3.63) is 0 Å². The van der Waals surface area contributed by atoms with E-state index in [9.17, 15) is 4.79 Å². The van der Waals surface area contributed by atoms with Crippen LogP contribution in [0, 0.1) is 0 Å². The summed E-state index contributed by atoms with van der Waals surface area (Å²) in [6, 6.07) is 0. The highest BCUT2D eigenvalue weighted by molar-refractivity contribution is 6.20. The zero-order chi connectivity index (χ0) is 10.4. The fourth-order valence-corrected chi connectivity index (χ4v) is 1.85. The molecule has 0 aliphatic heterocycles. The molecule has 0 bridgehead atoms. The third-order valence-corrected chi connectivity index (χ3v) is 2.61. The Labute approximate surface area is 89.7 Å². The quantitative estimate of drug-likeness (QED) is 0.538. The summed E-state index contributed by atoms with van der Waals surface area (Å²) < 4.78 is 9.94. The predicted octanol–water partition coefficient (Wildman–Crippen LogP) is 3.45. The SMILES string of the molecule is CCCC(Cl)OC(=O)OC1CCCC1. The van der Waals surface area contributed by atoms with Gasteiger partial charge in [0.15, 0.2) is 5.56 Å². The monoisotopic (exact) mass is 220 g/mol. The van der Waals surface area contributed by atoms with E-state index in [1.807, 2.05) is 6.92 Å². The highest BCUT2D eigenvalue weighted by Crippen LogP contribution is 2.21. The predicted molar refractivity (Wildman–Crippen MR) is 54.4 cm³/mol. The van der Waals surface area contributed by atoms with Crippen LogP contribution in [0.4, 0.5) is 4.79 Å². The Morgan fingerprint density at radius 3 is 2.71 bits per heavy atom. The van der Waals surface area contributed by atoms with Gasteiger partial charge in [-0.25, -0.2) is 4.79 Å². The third kappa shape index (κ3) is 4.18. The Morgan fingerprint density at radius 1 is 1.50 bits per heavy atom. The van der Waals surface area contributed by atoms with Crippen molar-refractivity contribution < 1.29 is 14.3 Å². The van der Waals surface area contributed by atoms with E-state index in [-0.39, 0.29) is 6.10 Å². The first-order valence-electron chi connectivity index (χ1n) is 5.23. The van der Waals surface area contributed by atoms with Gasteiger partial charge in [-0.1, -0.05) is 24.9 Å². The molecule has 1 aliphatic carbocycles. The average Bonchev–Trinajstić information content (AvgIpc) is 2.56. The fourth-order valence-electron chi connectivity index (χ4n) is 1.56. The van der Waals surface area contributed by atoms with Crippen LogP contribution >= 0.6 is 11.6 Å². The maximum Gasteiger partial charge on any atom is 0.510 e. The number of hydrogen-bond donors (Lipinski definition) is 0. The maximum atomic E-state index is 11.2. The van der Waals surface area contributed by atoms with Crippen molar-refractivity contribution in [1.82, 2.24) is 0 Å². The molecular weight excluding hydrogens is 204 g/mol. The van der Waals surface area contributed by atoms with Crippen molar-refractivity contribution in [2.45, 2.75) is 57.1 Å². The lowest BCUT2D eigenvalue weighted by atomic mass is 10.3. The zero-order valence-corrected chi connectivity index (χ0v) is 9.26. The number of alkyl halides is 1. The Kier molecular flexibility index (Phi) is 5.09. The molecule has 0 amide bonds. The molecule has 1 rings (SSSR count). The van der Waals surface area contributed by atoms with Gasteiger partial charge in [0.2, 0.25) is 0 Å². The largest absolute Gasteiger partial charge is 0.510 e. The van der Waals surface area contributed by atoms with E-state index in [4.69, 9.17) is 21.1 Å². The van der Waals surface area contributed by atoms with Gasteiger partial charge in [-0.05, 0) is 32.1 Å². The van der Waals surface area contributed by atoms with Gasteiger partial charge in [-0.2, -0.15) is 0 Å². The van der Waals surface area contributed by atoms with Crippen LogP contribution in [0.1, 0.15) is 45.4 Å². The van der Waals surface area contributed by atoms with Crippen molar-refractivity contribution in [1.29, 1.82) is 0 Å². The van der Waals surface area contributed by atoms with Gasteiger partial charge in [0, 0.05) is 0 Å². The lowest BCUT2D eigenvalue weighted by molar-refractivity contribution is 0.0166. The number of carbonyl (C=O) groups is 1. The Hall–Kier alpha value is -0.440. The lowest BCUT2D eigenvalue weighted by Crippen LogP contribution is -2.19. The van der Waals surface area contributed by atoms with Gasteiger partial charge >= 0.3 is 6.16 Å². The molecule has 1 aliphatic rings. The highest BCUT2D eigenvalue weighted by atomic mass is 35.5. The first kappa shape index (κ1) is 11.6. The summed E-state index contributed by atoms with van der Waals surface area (Å²) in [5.41, 5.74) is -0.547. The molecule has 1 atom stereocenters. The van der Waals surface area contributed by atoms with Crippen molar-refractivity contribution in [2.75, 3.05) is 0 Å². The average molecular weight is 221 g/mol.